The van der Waals surface area contributed by atoms with Gasteiger partial charge in [0.05, 0.1) is 18.1 Å². The highest BCUT2D eigenvalue weighted by atomic mass is 35.5. The summed E-state index contributed by atoms with van der Waals surface area (Å²) in [5, 5.41) is 3.55. The highest BCUT2D eigenvalue weighted by Crippen LogP contribution is 2.22. The lowest BCUT2D eigenvalue weighted by molar-refractivity contribution is -0.121. The van der Waals surface area contributed by atoms with Gasteiger partial charge >= 0.3 is 0 Å². The third kappa shape index (κ3) is 6.01. The lowest BCUT2D eigenvalue weighted by Gasteiger charge is -2.36. The number of piperazine rings is 1. The number of ether oxygens (including phenoxy) is 1. The van der Waals surface area contributed by atoms with E-state index in [4.69, 9.17) is 16.3 Å². The van der Waals surface area contributed by atoms with E-state index in [9.17, 15) is 4.79 Å². The van der Waals surface area contributed by atoms with E-state index in [0.717, 1.165) is 26.2 Å². The van der Waals surface area contributed by atoms with Crippen LogP contribution in [0.1, 0.15) is 13.3 Å². The number of carbonyl (C=O) groups is 1. The zero-order chi connectivity index (χ0) is 16.7. The molecule has 0 radical (unpaired) electrons. The molecule has 0 bridgehead atoms. The van der Waals surface area contributed by atoms with E-state index in [0.29, 0.717) is 36.4 Å². The minimum atomic E-state index is 0.0121. The van der Waals surface area contributed by atoms with E-state index in [1.54, 1.807) is 12.1 Å². The standard InChI is InChI=1S/C17H26ClN3O2/c1-14(21-10-8-20(2)9-11-21)13-19-17(22)7-12-23-16-6-4-3-5-15(16)18/h3-6,14H,7-13H2,1-2H3,(H,19,22)/t14-/m1/s1. The second kappa shape index (κ2) is 9.11. The molecule has 1 atom stereocenters. The fraction of sp³-hybridized carbons (Fsp3) is 0.588. The molecule has 5 nitrogen and oxygen atoms in total. The van der Waals surface area contributed by atoms with Gasteiger partial charge in [0.25, 0.3) is 0 Å². The molecule has 0 aromatic heterocycles. The van der Waals surface area contributed by atoms with Crippen LogP contribution < -0.4 is 10.1 Å². The van der Waals surface area contributed by atoms with Crippen LogP contribution in [0.2, 0.25) is 5.02 Å². The van der Waals surface area contributed by atoms with E-state index in [-0.39, 0.29) is 5.91 Å². The molecule has 128 valence electrons. The summed E-state index contributed by atoms with van der Waals surface area (Å²) < 4.78 is 5.53. The number of likely N-dealkylation sites (N-methyl/N-ethyl adjacent to an activating group) is 1. The molecule has 0 aliphatic carbocycles. The normalized spacial score (nSPS) is 17.7. The maximum absolute atomic E-state index is 11.9. The topological polar surface area (TPSA) is 44.8 Å². The summed E-state index contributed by atoms with van der Waals surface area (Å²) in [4.78, 5) is 16.7. The molecular formula is C17H26ClN3O2. The molecule has 6 heteroatoms. The SMILES string of the molecule is C[C@H](CNC(=O)CCOc1ccccc1Cl)N1CCN(C)CC1. The van der Waals surface area contributed by atoms with Gasteiger partial charge in [0.15, 0.2) is 0 Å². The minimum absolute atomic E-state index is 0.0121. The Kier molecular flexibility index (Phi) is 7.15. The van der Waals surface area contributed by atoms with Crippen molar-refractivity contribution in [1.29, 1.82) is 0 Å². The number of nitrogens with one attached hydrogen (secondary N) is 1. The molecule has 0 saturated carbocycles. The Balaban J connectivity index is 1.62. The quantitative estimate of drug-likeness (QED) is 0.823. The Hall–Kier alpha value is -1.30. The molecule has 1 heterocycles. The predicted molar refractivity (Wildman–Crippen MR) is 93.1 cm³/mol. The summed E-state index contributed by atoms with van der Waals surface area (Å²) in [6, 6.07) is 7.64. The summed E-state index contributed by atoms with van der Waals surface area (Å²) in [6.45, 7) is 7.46. The Labute approximate surface area is 143 Å². The van der Waals surface area contributed by atoms with Gasteiger partial charge in [0.2, 0.25) is 5.91 Å². The van der Waals surface area contributed by atoms with E-state index in [2.05, 4.69) is 29.1 Å². The van der Waals surface area contributed by atoms with Crippen molar-refractivity contribution < 1.29 is 9.53 Å². The first-order valence-electron chi connectivity index (χ1n) is 8.13. The van der Waals surface area contributed by atoms with Crippen molar-refractivity contribution in [3.05, 3.63) is 29.3 Å². The average molecular weight is 340 g/mol. The first-order chi connectivity index (χ1) is 11.1. The van der Waals surface area contributed by atoms with Crippen molar-refractivity contribution in [1.82, 2.24) is 15.1 Å². The Bertz CT molecular complexity index is 504. The van der Waals surface area contributed by atoms with Crippen molar-refractivity contribution in [2.45, 2.75) is 19.4 Å². The van der Waals surface area contributed by atoms with Gasteiger partial charge in [-0.1, -0.05) is 23.7 Å². The van der Waals surface area contributed by atoms with Crippen LogP contribution in [0.5, 0.6) is 5.75 Å². The van der Waals surface area contributed by atoms with Gasteiger partial charge in [0, 0.05) is 38.8 Å². The molecule has 1 saturated heterocycles. The molecule has 1 amide bonds. The molecule has 1 aromatic rings. The van der Waals surface area contributed by atoms with Crippen LogP contribution in [-0.4, -0.2) is 68.1 Å². The third-order valence-corrected chi connectivity index (χ3v) is 4.49. The first-order valence-corrected chi connectivity index (χ1v) is 8.50. The average Bonchev–Trinajstić information content (AvgIpc) is 2.55. The predicted octanol–water partition coefficient (Wildman–Crippen LogP) is 1.86. The fourth-order valence-electron chi connectivity index (χ4n) is 2.56. The molecule has 23 heavy (non-hydrogen) atoms. The largest absolute Gasteiger partial charge is 0.491 e. The lowest BCUT2D eigenvalue weighted by atomic mass is 10.2. The highest BCUT2D eigenvalue weighted by molar-refractivity contribution is 6.32. The minimum Gasteiger partial charge on any atom is -0.491 e. The van der Waals surface area contributed by atoms with Gasteiger partial charge in [-0.2, -0.15) is 0 Å². The molecule has 1 aromatic carbocycles. The molecule has 2 rings (SSSR count). The van der Waals surface area contributed by atoms with Crippen molar-refractivity contribution in [3.8, 4) is 5.75 Å². The van der Waals surface area contributed by atoms with E-state index >= 15 is 0 Å². The summed E-state index contributed by atoms with van der Waals surface area (Å²) in [5.74, 6) is 0.630. The van der Waals surface area contributed by atoms with Crippen LogP contribution >= 0.6 is 11.6 Å². The monoisotopic (exact) mass is 339 g/mol. The highest BCUT2D eigenvalue weighted by Gasteiger charge is 2.19. The van der Waals surface area contributed by atoms with Gasteiger partial charge < -0.3 is 15.0 Å². The Morgan fingerprint density at radius 3 is 2.70 bits per heavy atom. The molecule has 1 N–H and O–H groups in total. The summed E-state index contributed by atoms with van der Waals surface area (Å²) >= 11 is 6.00. The number of amides is 1. The van der Waals surface area contributed by atoms with Crippen molar-refractivity contribution in [2.24, 2.45) is 0 Å². The van der Waals surface area contributed by atoms with Crippen LogP contribution in [0, 0.1) is 0 Å². The zero-order valence-electron chi connectivity index (χ0n) is 13.9. The molecule has 1 aliphatic rings. The number of nitrogens with zero attached hydrogens (tertiary/aromatic N) is 2. The number of hydrogen-bond acceptors (Lipinski definition) is 4. The Morgan fingerprint density at radius 1 is 1.30 bits per heavy atom. The lowest BCUT2D eigenvalue weighted by Crippen LogP contribution is -2.51. The molecule has 1 fully saturated rings. The van der Waals surface area contributed by atoms with E-state index in [1.165, 1.54) is 0 Å². The summed E-state index contributed by atoms with van der Waals surface area (Å²) in [5.41, 5.74) is 0. The second-order valence-corrected chi connectivity index (χ2v) is 6.43. The number of halogens is 1. The van der Waals surface area contributed by atoms with Gasteiger partial charge in [-0.05, 0) is 26.1 Å². The molecular weight excluding hydrogens is 314 g/mol. The number of benzene rings is 1. The van der Waals surface area contributed by atoms with Gasteiger partial charge in [-0.25, -0.2) is 0 Å². The van der Waals surface area contributed by atoms with Crippen LogP contribution in [0.25, 0.3) is 0 Å². The number of para-hydroxylation sites is 1. The molecule has 0 spiro atoms. The second-order valence-electron chi connectivity index (χ2n) is 6.02. The van der Waals surface area contributed by atoms with Crippen molar-refractivity contribution >= 4 is 17.5 Å². The first kappa shape index (κ1) is 18.0. The maximum atomic E-state index is 11.9. The van der Waals surface area contributed by atoms with Gasteiger partial charge in [-0.3, -0.25) is 9.69 Å². The third-order valence-electron chi connectivity index (χ3n) is 4.18. The molecule has 1 aliphatic heterocycles. The fourth-order valence-corrected chi connectivity index (χ4v) is 2.75. The number of carbonyl (C=O) groups excluding carboxylic acids is 1. The number of rotatable bonds is 7. The van der Waals surface area contributed by atoms with Crippen molar-refractivity contribution in [2.75, 3.05) is 46.4 Å². The van der Waals surface area contributed by atoms with Crippen LogP contribution in [-0.2, 0) is 4.79 Å². The van der Waals surface area contributed by atoms with E-state index in [1.807, 2.05) is 12.1 Å². The van der Waals surface area contributed by atoms with Gasteiger partial charge in [-0.15, -0.1) is 0 Å². The molecule has 0 unspecified atom stereocenters. The van der Waals surface area contributed by atoms with Crippen LogP contribution in [0.4, 0.5) is 0 Å². The number of hydrogen-bond donors (Lipinski definition) is 1. The summed E-state index contributed by atoms with van der Waals surface area (Å²) in [7, 11) is 2.14. The van der Waals surface area contributed by atoms with Crippen LogP contribution in [0.3, 0.4) is 0 Å². The van der Waals surface area contributed by atoms with Crippen LogP contribution in [0.15, 0.2) is 24.3 Å². The van der Waals surface area contributed by atoms with Crippen molar-refractivity contribution in [3.63, 3.8) is 0 Å². The Morgan fingerprint density at radius 2 is 2.00 bits per heavy atom. The zero-order valence-corrected chi connectivity index (χ0v) is 14.7. The van der Waals surface area contributed by atoms with E-state index < -0.39 is 0 Å². The van der Waals surface area contributed by atoms with Gasteiger partial charge in [0.1, 0.15) is 5.75 Å². The smallest absolute Gasteiger partial charge is 0.223 e. The maximum Gasteiger partial charge on any atom is 0.223 e. The summed E-state index contributed by atoms with van der Waals surface area (Å²) in [6.07, 6.45) is 0.334.